The number of hydrogen-bond acceptors (Lipinski definition) is 2. The quantitative estimate of drug-likeness (QED) is 0.811. The maximum atomic E-state index is 12.9. The predicted molar refractivity (Wildman–Crippen MR) is 57.7 cm³/mol. The van der Waals surface area contributed by atoms with Gasteiger partial charge in [-0.1, -0.05) is 11.6 Å². The van der Waals surface area contributed by atoms with Crippen molar-refractivity contribution in [3.05, 3.63) is 40.8 Å². The Morgan fingerprint density at radius 2 is 2.13 bits per heavy atom. The Morgan fingerprint density at radius 3 is 2.67 bits per heavy atom. The number of aromatic nitrogens is 2. The van der Waals surface area contributed by atoms with Gasteiger partial charge in [-0.05, 0) is 25.1 Å². The summed E-state index contributed by atoms with van der Waals surface area (Å²) in [6.07, 6.45) is 0. The van der Waals surface area contributed by atoms with Crippen molar-refractivity contribution in [2.45, 2.75) is 6.92 Å². The molecule has 0 aliphatic carbocycles. The van der Waals surface area contributed by atoms with E-state index in [9.17, 15) is 4.39 Å². The molecule has 0 amide bonds. The highest BCUT2D eigenvalue weighted by Crippen LogP contribution is 2.20. The van der Waals surface area contributed by atoms with Crippen LogP contribution < -0.4 is 5.73 Å². The van der Waals surface area contributed by atoms with Gasteiger partial charge in [-0.3, -0.25) is 0 Å². The van der Waals surface area contributed by atoms with Crippen LogP contribution in [0.4, 0.5) is 10.2 Å². The van der Waals surface area contributed by atoms with Crippen LogP contribution in [0, 0.1) is 12.7 Å². The molecule has 1 heterocycles. The van der Waals surface area contributed by atoms with Gasteiger partial charge >= 0.3 is 0 Å². The lowest BCUT2D eigenvalue weighted by Gasteiger charge is -2.04. The van der Waals surface area contributed by atoms with Crippen LogP contribution in [0.3, 0.4) is 0 Å². The molecule has 0 atom stereocenters. The Labute approximate surface area is 91.3 Å². The van der Waals surface area contributed by atoms with Crippen LogP contribution in [-0.2, 0) is 0 Å². The standard InChI is InChI=1S/C10H9ClFN3/c1-6-4-10(13)15(14-6)7-2-3-9(12)8(11)5-7/h2-5H,13H2,1H3. The molecule has 0 bridgehead atoms. The van der Waals surface area contributed by atoms with E-state index in [0.717, 1.165) is 5.69 Å². The van der Waals surface area contributed by atoms with Crippen molar-refractivity contribution in [1.29, 1.82) is 0 Å². The summed E-state index contributed by atoms with van der Waals surface area (Å²) in [6, 6.07) is 6.08. The summed E-state index contributed by atoms with van der Waals surface area (Å²) in [4.78, 5) is 0. The molecule has 0 aliphatic rings. The molecule has 0 saturated heterocycles. The van der Waals surface area contributed by atoms with Gasteiger partial charge in [0, 0.05) is 6.07 Å². The normalized spacial score (nSPS) is 10.6. The predicted octanol–water partition coefficient (Wildman–Crippen LogP) is 2.56. The summed E-state index contributed by atoms with van der Waals surface area (Å²) in [6.45, 7) is 1.83. The van der Waals surface area contributed by atoms with E-state index >= 15 is 0 Å². The largest absolute Gasteiger partial charge is 0.384 e. The fourth-order valence-electron chi connectivity index (χ4n) is 1.34. The zero-order valence-electron chi connectivity index (χ0n) is 8.04. The molecule has 0 spiro atoms. The molecule has 0 fully saturated rings. The van der Waals surface area contributed by atoms with Gasteiger partial charge in [0.15, 0.2) is 0 Å². The van der Waals surface area contributed by atoms with Gasteiger partial charge in [0.2, 0.25) is 0 Å². The fourth-order valence-corrected chi connectivity index (χ4v) is 1.52. The molecule has 3 nitrogen and oxygen atoms in total. The van der Waals surface area contributed by atoms with Crippen molar-refractivity contribution in [2.75, 3.05) is 5.73 Å². The van der Waals surface area contributed by atoms with Crippen molar-refractivity contribution < 1.29 is 4.39 Å². The Bertz CT molecular complexity index is 507. The topological polar surface area (TPSA) is 43.8 Å². The van der Waals surface area contributed by atoms with E-state index in [4.69, 9.17) is 17.3 Å². The molecule has 2 rings (SSSR count). The lowest BCUT2D eigenvalue weighted by atomic mass is 10.3. The Morgan fingerprint density at radius 1 is 1.40 bits per heavy atom. The molecule has 78 valence electrons. The molecule has 5 heteroatoms. The van der Waals surface area contributed by atoms with Crippen LogP contribution in [0.15, 0.2) is 24.3 Å². The van der Waals surface area contributed by atoms with Crippen LogP contribution in [0.2, 0.25) is 5.02 Å². The summed E-state index contributed by atoms with van der Waals surface area (Å²) in [7, 11) is 0. The molecule has 2 aromatic rings. The summed E-state index contributed by atoms with van der Waals surface area (Å²) in [5, 5.41) is 4.22. The van der Waals surface area contributed by atoms with Crippen molar-refractivity contribution in [3.63, 3.8) is 0 Å². The van der Waals surface area contributed by atoms with E-state index in [1.54, 1.807) is 12.1 Å². The molecular formula is C10H9ClFN3. The average molecular weight is 226 g/mol. The van der Waals surface area contributed by atoms with Gasteiger partial charge in [-0.2, -0.15) is 5.10 Å². The van der Waals surface area contributed by atoms with E-state index < -0.39 is 5.82 Å². The smallest absolute Gasteiger partial charge is 0.141 e. The zero-order chi connectivity index (χ0) is 11.0. The van der Waals surface area contributed by atoms with E-state index in [-0.39, 0.29) is 5.02 Å². The van der Waals surface area contributed by atoms with E-state index in [2.05, 4.69) is 5.10 Å². The lowest BCUT2D eigenvalue weighted by Crippen LogP contribution is -2.01. The number of nitrogens with two attached hydrogens (primary N) is 1. The van der Waals surface area contributed by atoms with Crippen molar-refractivity contribution in [3.8, 4) is 5.69 Å². The summed E-state index contributed by atoms with van der Waals surface area (Å²) >= 11 is 5.67. The van der Waals surface area contributed by atoms with Crippen molar-refractivity contribution in [1.82, 2.24) is 9.78 Å². The molecule has 2 N–H and O–H groups in total. The minimum Gasteiger partial charge on any atom is -0.384 e. The van der Waals surface area contributed by atoms with Crippen molar-refractivity contribution in [2.24, 2.45) is 0 Å². The fraction of sp³-hybridized carbons (Fsp3) is 0.100. The summed E-state index contributed by atoms with van der Waals surface area (Å²) in [5.74, 6) is 0.0399. The Hall–Kier alpha value is -1.55. The highest BCUT2D eigenvalue weighted by Gasteiger charge is 2.06. The molecular weight excluding hydrogens is 217 g/mol. The highest BCUT2D eigenvalue weighted by molar-refractivity contribution is 6.30. The first-order valence-corrected chi connectivity index (χ1v) is 4.73. The van der Waals surface area contributed by atoms with Crippen LogP contribution in [0.1, 0.15) is 5.69 Å². The summed E-state index contributed by atoms with van der Waals surface area (Å²) in [5.41, 5.74) is 7.17. The molecule has 0 aliphatic heterocycles. The maximum Gasteiger partial charge on any atom is 0.141 e. The van der Waals surface area contributed by atoms with Crippen molar-refractivity contribution >= 4 is 17.4 Å². The Balaban J connectivity index is 2.54. The third-order valence-corrected chi connectivity index (χ3v) is 2.30. The molecule has 1 aromatic carbocycles. The van der Waals surface area contributed by atoms with Crippen LogP contribution in [-0.4, -0.2) is 9.78 Å². The maximum absolute atomic E-state index is 12.9. The Kier molecular flexibility index (Phi) is 2.36. The number of nitrogen functional groups attached to an aromatic ring is 1. The minimum absolute atomic E-state index is 0.0556. The minimum atomic E-state index is -0.456. The van der Waals surface area contributed by atoms with Gasteiger partial charge in [-0.25, -0.2) is 9.07 Å². The molecule has 0 unspecified atom stereocenters. The SMILES string of the molecule is Cc1cc(N)n(-c2ccc(F)c(Cl)c2)n1. The second kappa shape index (κ2) is 3.55. The number of benzene rings is 1. The first-order chi connectivity index (χ1) is 7.08. The van der Waals surface area contributed by atoms with Gasteiger partial charge in [0.1, 0.15) is 11.6 Å². The number of anilines is 1. The number of halogens is 2. The average Bonchev–Trinajstić information content (AvgIpc) is 2.50. The number of rotatable bonds is 1. The molecule has 15 heavy (non-hydrogen) atoms. The van der Waals surface area contributed by atoms with Gasteiger partial charge in [0.05, 0.1) is 16.4 Å². The van der Waals surface area contributed by atoms with Crippen LogP contribution in [0.25, 0.3) is 5.69 Å². The van der Waals surface area contributed by atoms with Gasteiger partial charge < -0.3 is 5.73 Å². The number of nitrogens with zero attached hydrogens (tertiary/aromatic N) is 2. The van der Waals surface area contributed by atoms with E-state index in [1.807, 2.05) is 6.92 Å². The lowest BCUT2D eigenvalue weighted by molar-refractivity contribution is 0.627. The first kappa shape index (κ1) is 9.98. The molecule has 1 aromatic heterocycles. The van der Waals surface area contributed by atoms with Crippen LogP contribution >= 0.6 is 11.6 Å². The third-order valence-electron chi connectivity index (χ3n) is 2.01. The first-order valence-electron chi connectivity index (χ1n) is 4.35. The van der Waals surface area contributed by atoms with Crippen LogP contribution in [0.5, 0.6) is 0 Å². The molecule has 0 radical (unpaired) electrons. The third kappa shape index (κ3) is 1.80. The monoisotopic (exact) mass is 225 g/mol. The number of aryl methyl sites for hydroxylation is 1. The van der Waals surface area contributed by atoms with Gasteiger partial charge in [-0.15, -0.1) is 0 Å². The second-order valence-corrected chi connectivity index (χ2v) is 3.63. The van der Waals surface area contributed by atoms with E-state index in [0.29, 0.717) is 11.5 Å². The molecule has 0 saturated carbocycles. The number of hydrogen-bond donors (Lipinski definition) is 1. The highest BCUT2D eigenvalue weighted by atomic mass is 35.5. The van der Waals surface area contributed by atoms with E-state index in [1.165, 1.54) is 16.8 Å². The zero-order valence-corrected chi connectivity index (χ0v) is 8.79. The van der Waals surface area contributed by atoms with Gasteiger partial charge in [0.25, 0.3) is 0 Å². The summed E-state index contributed by atoms with van der Waals surface area (Å²) < 4.78 is 14.4. The second-order valence-electron chi connectivity index (χ2n) is 3.22.